The third-order valence-electron chi connectivity index (χ3n) is 5.94. The molecule has 0 atom stereocenters. The zero-order valence-electron chi connectivity index (χ0n) is 16.9. The van der Waals surface area contributed by atoms with Crippen LogP contribution in [0.25, 0.3) is 11.1 Å². The van der Waals surface area contributed by atoms with E-state index < -0.39 is 0 Å². The maximum absolute atomic E-state index is 9.30. The molecule has 2 fully saturated rings. The van der Waals surface area contributed by atoms with E-state index >= 15 is 0 Å². The lowest BCUT2D eigenvalue weighted by molar-refractivity contribution is 0.114. The van der Waals surface area contributed by atoms with Gasteiger partial charge in [-0.25, -0.2) is 4.52 Å². The smallest absolute Gasteiger partial charge is 0.146 e. The molecule has 3 N–H and O–H groups in total. The number of nitrogens with two attached hydrogens (primary N) is 1. The number of allylic oxidation sites excluding steroid dienone is 1. The van der Waals surface area contributed by atoms with Crippen molar-refractivity contribution < 1.29 is 4.74 Å². The van der Waals surface area contributed by atoms with Gasteiger partial charge < -0.3 is 15.8 Å². The van der Waals surface area contributed by atoms with Crippen LogP contribution in [0.1, 0.15) is 30.9 Å². The first-order valence-electron chi connectivity index (χ1n) is 10.0. The summed E-state index contributed by atoms with van der Waals surface area (Å²) in [5.74, 6) is 0.589. The number of likely N-dealkylation sites (tertiary alicyclic amines) is 1. The Hall–Kier alpha value is -2.89. The van der Waals surface area contributed by atoms with Gasteiger partial charge in [0.15, 0.2) is 0 Å². The molecule has 0 radical (unpaired) electrons. The predicted molar refractivity (Wildman–Crippen MR) is 113 cm³/mol. The maximum Gasteiger partial charge on any atom is 0.146 e. The van der Waals surface area contributed by atoms with Gasteiger partial charge in [-0.15, -0.1) is 0 Å². The van der Waals surface area contributed by atoms with Crippen LogP contribution in [0, 0.1) is 11.3 Å². The van der Waals surface area contributed by atoms with Crippen molar-refractivity contribution in [2.24, 2.45) is 10.7 Å². The number of nitrogens with zero attached hydrogens (tertiary/aromatic N) is 5. The monoisotopic (exact) mass is 393 g/mol. The highest BCUT2D eigenvalue weighted by Gasteiger charge is 2.28. The SMILES string of the molecule is COc1cc(/C(=C/N)C(C)=NC2CCN(C3CNC3)CC2)cn2ncc(C#N)c12. The van der Waals surface area contributed by atoms with Crippen molar-refractivity contribution in [3.8, 4) is 11.8 Å². The fourth-order valence-corrected chi connectivity index (χ4v) is 4.15. The van der Waals surface area contributed by atoms with Crippen LogP contribution in [0.15, 0.2) is 29.7 Å². The number of rotatable bonds is 5. The molecule has 8 heteroatoms. The number of aromatic nitrogens is 2. The third-order valence-corrected chi connectivity index (χ3v) is 5.94. The lowest BCUT2D eigenvalue weighted by Crippen LogP contribution is -2.59. The number of aliphatic imine (C=N–C) groups is 1. The van der Waals surface area contributed by atoms with Gasteiger partial charge in [-0.1, -0.05) is 0 Å². The quantitative estimate of drug-likeness (QED) is 0.745. The van der Waals surface area contributed by atoms with Crippen LogP contribution >= 0.6 is 0 Å². The minimum Gasteiger partial charge on any atom is -0.494 e. The van der Waals surface area contributed by atoms with Gasteiger partial charge in [0.05, 0.1) is 19.3 Å². The first-order chi connectivity index (χ1) is 14.1. The number of fused-ring (bicyclic) bond motifs is 1. The molecule has 2 aliphatic rings. The lowest BCUT2D eigenvalue weighted by atomic mass is 10.00. The molecule has 0 amide bonds. The average molecular weight is 393 g/mol. The second-order valence-electron chi connectivity index (χ2n) is 7.63. The number of nitrogens with one attached hydrogen (secondary N) is 1. The summed E-state index contributed by atoms with van der Waals surface area (Å²) in [6.45, 7) is 6.41. The van der Waals surface area contributed by atoms with E-state index in [1.807, 2.05) is 19.2 Å². The fraction of sp³-hybridized carbons (Fsp3) is 0.476. The van der Waals surface area contributed by atoms with E-state index in [0.717, 1.165) is 55.9 Å². The first kappa shape index (κ1) is 19.4. The Morgan fingerprint density at radius 2 is 2.17 bits per heavy atom. The van der Waals surface area contributed by atoms with E-state index in [1.165, 1.54) is 0 Å². The summed E-state index contributed by atoms with van der Waals surface area (Å²) in [6, 6.07) is 5.06. The molecular formula is C21H27N7O. The van der Waals surface area contributed by atoms with E-state index in [9.17, 15) is 5.26 Å². The highest BCUT2D eigenvalue weighted by Crippen LogP contribution is 2.28. The maximum atomic E-state index is 9.30. The van der Waals surface area contributed by atoms with Gasteiger partial charge in [0.1, 0.15) is 22.9 Å². The largest absolute Gasteiger partial charge is 0.494 e. The number of ether oxygens (including phenoxy) is 1. The minimum absolute atomic E-state index is 0.315. The van der Waals surface area contributed by atoms with Crippen molar-refractivity contribution in [3.63, 3.8) is 0 Å². The fourth-order valence-electron chi connectivity index (χ4n) is 4.15. The summed E-state index contributed by atoms with van der Waals surface area (Å²) in [7, 11) is 1.59. The molecule has 0 aliphatic carbocycles. The van der Waals surface area contributed by atoms with Crippen LogP contribution in [-0.2, 0) is 0 Å². The van der Waals surface area contributed by atoms with Crippen molar-refractivity contribution >= 4 is 16.8 Å². The van der Waals surface area contributed by atoms with Gasteiger partial charge in [0.2, 0.25) is 0 Å². The Morgan fingerprint density at radius 3 is 2.76 bits per heavy atom. The number of piperidine rings is 1. The molecule has 2 aromatic rings. The van der Waals surface area contributed by atoms with Gasteiger partial charge in [-0.05, 0) is 25.8 Å². The van der Waals surface area contributed by atoms with Crippen LogP contribution < -0.4 is 15.8 Å². The standard InChI is InChI=1S/C21H27N7O/c1-14(26-17-3-5-27(6-4-17)18-11-24-12-18)19(9-23)15-7-20(29-2)21-16(8-22)10-25-28(21)13-15/h7,9-10,13,17-18,24H,3-6,11-12,23H2,1-2H3/b19-9+,26-14?. The Bertz CT molecular complexity index is 988. The molecule has 4 rings (SSSR count). The molecule has 2 aliphatic heterocycles. The van der Waals surface area contributed by atoms with Gasteiger partial charge in [-0.2, -0.15) is 10.4 Å². The second kappa shape index (κ2) is 8.23. The van der Waals surface area contributed by atoms with Crippen LogP contribution in [0.4, 0.5) is 0 Å². The molecule has 0 saturated carbocycles. The van der Waals surface area contributed by atoms with Gasteiger partial charge >= 0.3 is 0 Å². The van der Waals surface area contributed by atoms with Gasteiger partial charge in [-0.3, -0.25) is 9.89 Å². The van der Waals surface area contributed by atoms with Crippen molar-refractivity contribution in [2.45, 2.75) is 31.8 Å². The van der Waals surface area contributed by atoms with E-state index in [0.29, 0.717) is 28.9 Å². The molecule has 0 unspecified atom stereocenters. The highest BCUT2D eigenvalue weighted by molar-refractivity contribution is 6.22. The second-order valence-corrected chi connectivity index (χ2v) is 7.63. The number of hydrogen-bond acceptors (Lipinski definition) is 7. The number of methoxy groups -OCH3 is 1. The zero-order valence-corrected chi connectivity index (χ0v) is 16.9. The summed E-state index contributed by atoms with van der Waals surface area (Å²) in [5.41, 5.74) is 9.74. The van der Waals surface area contributed by atoms with Gasteiger partial charge in [0, 0.05) is 61.5 Å². The number of nitriles is 1. The zero-order chi connectivity index (χ0) is 20.4. The lowest BCUT2D eigenvalue weighted by Gasteiger charge is -2.41. The molecule has 2 aromatic heterocycles. The summed E-state index contributed by atoms with van der Waals surface area (Å²) < 4.78 is 7.17. The molecule has 4 heterocycles. The van der Waals surface area contributed by atoms with Crippen LogP contribution in [0.3, 0.4) is 0 Å². The molecule has 0 aromatic carbocycles. The molecule has 0 bridgehead atoms. The molecule has 2 saturated heterocycles. The predicted octanol–water partition coefficient (Wildman–Crippen LogP) is 1.41. The summed E-state index contributed by atoms with van der Waals surface area (Å²) in [4.78, 5) is 7.55. The molecular weight excluding hydrogens is 366 g/mol. The van der Waals surface area contributed by atoms with Crippen LogP contribution in [0.2, 0.25) is 0 Å². The van der Waals surface area contributed by atoms with Crippen LogP contribution in [0.5, 0.6) is 5.75 Å². The molecule has 152 valence electrons. The van der Waals surface area contributed by atoms with Crippen molar-refractivity contribution in [1.29, 1.82) is 5.26 Å². The summed E-state index contributed by atoms with van der Waals surface area (Å²) in [6.07, 6.45) is 7.13. The van der Waals surface area contributed by atoms with E-state index in [2.05, 4.69) is 21.4 Å². The average Bonchev–Trinajstić information content (AvgIpc) is 3.11. The molecule has 0 spiro atoms. The Labute approximate surface area is 170 Å². The Morgan fingerprint density at radius 1 is 1.41 bits per heavy atom. The minimum atomic E-state index is 0.315. The summed E-state index contributed by atoms with van der Waals surface area (Å²) in [5, 5.41) is 16.9. The normalized spacial score (nSPS) is 19.9. The number of hydrogen-bond donors (Lipinski definition) is 2. The van der Waals surface area contributed by atoms with Crippen molar-refractivity contribution in [3.05, 3.63) is 35.8 Å². The van der Waals surface area contributed by atoms with Crippen LogP contribution in [-0.4, -0.2) is 65.6 Å². The van der Waals surface area contributed by atoms with Crippen molar-refractivity contribution in [1.82, 2.24) is 19.8 Å². The van der Waals surface area contributed by atoms with E-state index in [4.69, 9.17) is 15.5 Å². The number of pyridine rings is 1. The Kier molecular flexibility index (Phi) is 5.51. The van der Waals surface area contributed by atoms with E-state index in [-0.39, 0.29) is 0 Å². The molecule has 8 nitrogen and oxygen atoms in total. The van der Waals surface area contributed by atoms with Gasteiger partial charge in [0.25, 0.3) is 0 Å². The first-order valence-corrected chi connectivity index (χ1v) is 10.0. The molecule has 29 heavy (non-hydrogen) atoms. The summed E-state index contributed by atoms with van der Waals surface area (Å²) >= 11 is 0. The third kappa shape index (κ3) is 3.71. The van der Waals surface area contributed by atoms with Crippen molar-refractivity contribution in [2.75, 3.05) is 33.3 Å². The Balaban J connectivity index is 1.55. The highest BCUT2D eigenvalue weighted by atomic mass is 16.5. The van der Waals surface area contributed by atoms with E-state index in [1.54, 1.807) is 24.0 Å². The topological polar surface area (TPSA) is 104 Å².